The number of pyridine rings is 1. The van der Waals surface area contributed by atoms with Crippen molar-refractivity contribution < 1.29 is 33.4 Å². The maximum absolute atomic E-state index is 14.8. The molecule has 2 fully saturated rings. The van der Waals surface area contributed by atoms with E-state index in [-0.39, 0.29) is 43.0 Å². The van der Waals surface area contributed by atoms with E-state index in [0.717, 1.165) is 44.7 Å². The molecule has 3 aliphatic rings. The molecule has 5 amide bonds. The standard InChI is InChI=1S/C51H72N10O7SSi/c1-12-60-40-19-18-33-24-36(40)37(45(60)35-16-13-21-52-43(35)32(4)67-11)26-50(5,6)30-68-48(65)51(70)20-15-23-61(55-51)47(64)38(25-41-53-39(33)29-69-41)54-46(63)44(31(2)3)58(10)49(66)59-27-34(28-59)57(9)42(62)17-14-22-56(7)8/h13-14,16-19,21,24,29,31-32,34,38,44,55H,12,15,20,22-23,25-28,30H2,1-11,70H3,(H,54,63)/b17-14+/t32-,38-,44-,51-/m0/s1. The summed E-state index contributed by atoms with van der Waals surface area (Å²) < 4.78 is 14.4. The number of carbonyl (C=O) groups excluding carboxylic acids is 5. The lowest BCUT2D eigenvalue weighted by Crippen LogP contribution is -2.68. The van der Waals surface area contributed by atoms with E-state index in [0.29, 0.717) is 67.2 Å². The van der Waals surface area contributed by atoms with Gasteiger partial charge in [-0.3, -0.25) is 29.2 Å². The summed E-state index contributed by atoms with van der Waals surface area (Å²) in [5.74, 6) is -1.77. The normalized spacial score (nSPS) is 20.9. The average Bonchev–Trinajstić information content (AvgIpc) is 3.90. The first-order chi connectivity index (χ1) is 33.2. The van der Waals surface area contributed by atoms with Gasteiger partial charge in [0.1, 0.15) is 17.2 Å². The molecule has 1 aromatic carbocycles. The van der Waals surface area contributed by atoms with Crippen LogP contribution in [0.5, 0.6) is 0 Å². The van der Waals surface area contributed by atoms with Gasteiger partial charge in [0.2, 0.25) is 11.8 Å². The zero-order valence-corrected chi connectivity index (χ0v) is 45.8. The molecule has 2 N–H and O–H groups in total. The van der Waals surface area contributed by atoms with Crippen molar-refractivity contribution in [2.24, 2.45) is 11.3 Å². The number of hydrazine groups is 1. The number of urea groups is 1. The fourth-order valence-corrected chi connectivity index (χ4v) is 11.5. The molecule has 3 aromatic heterocycles. The lowest BCUT2D eigenvalue weighted by Gasteiger charge is -2.46. The number of benzene rings is 1. The summed E-state index contributed by atoms with van der Waals surface area (Å²) in [7, 11) is 9.21. The van der Waals surface area contributed by atoms with Crippen LogP contribution in [-0.4, -0.2) is 170 Å². The molecular weight excluding hydrogens is 925 g/mol. The molecule has 70 heavy (non-hydrogen) atoms. The highest BCUT2D eigenvalue weighted by Crippen LogP contribution is 2.42. The van der Waals surface area contributed by atoms with Crippen LogP contribution in [0.2, 0.25) is 0 Å². The van der Waals surface area contributed by atoms with Crippen LogP contribution in [0, 0.1) is 11.3 Å². The number of aryl methyl sites for hydroxylation is 1. The average molecular weight is 997 g/mol. The Morgan fingerprint density at radius 2 is 1.86 bits per heavy atom. The van der Waals surface area contributed by atoms with E-state index in [1.54, 1.807) is 43.3 Å². The smallest absolute Gasteiger partial charge is 0.323 e. The molecule has 7 rings (SSSR count). The van der Waals surface area contributed by atoms with Crippen molar-refractivity contribution in [3.63, 3.8) is 0 Å². The third-order valence-electron chi connectivity index (χ3n) is 13.9. The fourth-order valence-electron chi connectivity index (χ4n) is 9.86. The number of rotatable bonds is 12. The Labute approximate surface area is 419 Å². The molecule has 17 nitrogen and oxygen atoms in total. The van der Waals surface area contributed by atoms with E-state index < -0.39 is 40.4 Å². The Kier molecular flexibility index (Phi) is 16.1. The maximum Gasteiger partial charge on any atom is 0.323 e. The van der Waals surface area contributed by atoms with Crippen molar-refractivity contribution >= 4 is 62.2 Å². The largest absolute Gasteiger partial charge is 0.464 e. The Morgan fingerprint density at radius 1 is 1.11 bits per heavy atom. The second-order valence-electron chi connectivity index (χ2n) is 20.7. The summed E-state index contributed by atoms with van der Waals surface area (Å²) in [4.78, 5) is 87.0. The second kappa shape index (κ2) is 21.5. The first-order valence-electron chi connectivity index (χ1n) is 24.4. The number of amides is 5. The molecule has 378 valence electrons. The van der Waals surface area contributed by atoms with Gasteiger partial charge in [0, 0.05) is 116 Å². The Hall–Kier alpha value is -5.47. The number of likely N-dealkylation sites (tertiary alicyclic amines) is 1. The molecule has 2 saturated heterocycles. The van der Waals surface area contributed by atoms with Crippen molar-refractivity contribution in [2.45, 2.75) is 103 Å². The van der Waals surface area contributed by atoms with Crippen LogP contribution in [0.4, 0.5) is 4.79 Å². The molecule has 19 heteroatoms. The van der Waals surface area contributed by atoms with Gasteiger partial charge in [-0.2, -0.15) is 0 Å². The minimum atomic E-state index is -1.10. The molecule has 4 aromatic rings. The number of likely N-dealkylation sites (N-methyl/N-ethyl adjacent to an activating group) is 3. The number of hydrogen-bond acceptors (Lipinski definition) is 12. The van der Waals surface area contributed by atoms with Gasteiger partial charge in [0.05, 0.1) is 40.8 Å². The summed E-state index contributed by atoms with van der Waals surface area (Å²) in [5, 5.41) is 7.09. The number of carbonyl (C=O) groups is 5. The van der Waals surface area contributed by atoms with Crippen LogP contribution >= 0.6 is 11.3 Å². The highest BCUT2D eigenvalue weighted by Gasteiger charge is 2.44. The van der Waals surface area contributed by atoms with Crippen molar-refractivity contribution in [3.8, 4) is 22.5 Å². The molecule has 6 bridgehead atoms. The summed E-state index contributed by atoms with van der Waals surface area (Å²) in [6.45, 7) is 14.5. The highest BCUT2D eigenvalue weighted by molar-refractivity contribution is 7.10. The number of cyclic esters (lactones) is 1. The Balaban J connectivity index is 1.21. The van der Waals surface area contributed by atoms with E-state index in [4.69, 9.17) is 19.4 Å². The molecule has 0 saturated carbocycles. The Morgan fingerprint density at radius 3 is 2.54 bits per heavy atom. The SMILES string of the molecule is CCn1c(-c2cccnc2[C@H](C)OC)c2c3cc(ccc31)-c1csc(n1)C[C@H](NC(=O)[C@H](C(C)C)N(C)C(=O)N1CC(N(C)C(=O)/C=C/CN(C)C)C1)C(=O)N1CCC[C@@]([SiH3])(N1)C(=O)OCC(C)(C)C2. The van der Waals surface area contributed by atoms with Gasteiger partial charge in [-0.05, 0) is 83.0 Å². The van der Waals surface area contributed by atoms with Crippen LogP contribution in [0.15, 0.2) is 54.1 Å². The molecule has 3 aliphatic heterocycles. The number of aromatic nitrogens is 3. The van der Waals surface area contributed by atoms with E-state index in [1.165, 1.54) is 21.2 Å². The zero-order chi connectivity index (χ0) is 50.8. The van der Waals surface area contributed by atoms with Crippen molar-refractivity contribution in [1.29, 1.82) is 0 Å². The number of nitrogens with one attached hydrogen (secondary N) is 2. The van der Waals surface area contributed by atoms with Crippen LogP contribution in [0.3, 0.4) is 0 Å². The fraction of sp³-hybridized carbons (Fsp3) is 0.549. The lowest BCUT2D eigenvalue weighted by molar-refractivity contribution is -0.158. The summed E-state index contributed by atoms with van der Waals surface area (Å²) >= 11 is 1.41. The van der Waals surface area contributed by atoms with Gasteiger partial charge in [-0.25, -0.2) is 15.2 Å². The number of nitrogens with zero attached hydrogens (tertiary/aromatic N) is 8. The van der Waals surface area contributed by atoms with Crippen LogP contribution in [0.25, 0.3) is 33.4 Å². The van der Waals surface area contributed by atoms with Gasteiger partial charge >= 0.3 is 12.0 Å². The third kappa shape index (κ3) is 11.0. The van der Waals surface area contributed by atoms with Gasteiger partial charge in [0.25, 0.3) is 5.91 Å². The van der Waals surface area contributed by atoms with Crippen molar-refractivity contribution in [1.82, 2.24) is 49.9 Å². The maximum atomic E-state index is 14.8. The van der Waals surface area contributed by atoms with E-state index in [9.17, 15) is 24.0 Å². The number of thiazole rings is 1. The van der Waals surface area contributed by atoms with Crippen LogP contribution in [-0.2, 0) is 48.0 Å². The first-order valence-corrected chi connectivity index (χ1v) is 26.3. The number of methoxy groups -OCH3 is 1. The second-order valence-corrected chi connectivity index (χ2v) is 23.4. The van der Waals surface area contributed by atoms with Gasteiger partial charge in [0.15, 0.2) is 0 Å². The number of hydrogen-bond donors (Lipinski definition) is 2. The van der Waals surface area contributed by atoms with Gasteiger partial charge in [-0.15, -0.1) is 11.3 Å². The molecule has 4 atom stereocenters. The van der Waals surface area contributed by atoms with Crippen molar-refractivity contribution in [3.05, 3.63) is 70.3 Å². The summed E-state index contributed by atoms with van der Waals surface area (Å²) in [5.41, 5.74) is 9.41. The lowest BCUT2D eigenvalue weighted by atomic mass is 9.84. The van der Waals surface area contributed by atoms with E-state index in [2.05, 4.69) is 60.3 Å². The Bertz CT molecular complexity index is 2620. The summed E-state index contributed by atoms with van der Waals surface area (Å²) in [6.07, 6.45) is 6.58. The minimum absolute atomic E-state index is 0.0746. The molecule has 0 radical (unpaired) electrons. The molecule has 0 aliphatic carbocycles. The van der Waals surface area contributed by atoms with Gasteiger partial charge < -0.3 is 39.0 Å². The quantitative estimate of drug-likeness (QED) is 0.118. The van der Waals surface area contributed by atoms with Crippen LogP contribution < -0.4 is 10.7 Å². The topological polar surface area (TPSA) is 175 Å². The first kappa shape index (κ1) is 52.4. The molecule has 0 spiro atoms. The monoisotopic (exact) mass is 997 g/mol. The van der Waals surface area contributed by atoms with Crippen molar-refractivity contribution in [2.75, 3.05) is 68.1 Å². The zero-order valence-electron chi connectivity index (χ0n) is 43.0. The van der Waals surface area contributed by atoms with Gasteiger partial charge in [-0.1, -0.05) is 39.8 Å². The number of ether oxygens (including phenoxy) is 2. The number of fused-ring (bicyclic) bond motifs is 6. The molecule has 6 heterocycles. The van der Waals surface area contributed by atoms with E-state index >= 15 is 0 Å². The third-order valence-corrected chi connectivity index (χ3v) is 15.9. The van der Waals surface area contributed by atoms with E-state index in [1.807, 2.05) is 57.3 Å². The predicted molar refractivity (Wildman–Crippen MR) is 276 cm³/mol. The molecular formula is C51H72N10O7SSi. The highest BCUT2D eigenvalue weighted by atomic mass is 32.1. The minimum Gasteiger partial charge on any atom is -0.464 e. The number of esters is 1. The molecule has 0 unspecified atom stereocenters. The predicted octanol–water partition coefficient (Wildman–Crippen LogP) is 4.23. The van der Waals surface area contributed by atoms with Crippen LogP contribution in [0.1, 0.15) is 76.8 Å². The summed E-state index contributed by atoms with van der Waals surface area (Å²) in [6, 6.07) is 7.90.